The van der Waals surface area contributed by atoms with Gasteiger partial charge in [0, 0.05) is 41.1 Å². The van der Waals surface area contributed by atoms with Gasteiger partial charge < -0.3 is 29.4 Å². The van der Waals surface area contributed by atoms with Gasteiger partial charge in [-0.1, -0.05) is 42.5 Å². The lowest BCUT2D eigenvalue weighted by Gasteiger charge is -2.22. The minimum absolute atomic E-state index is 0.129. The van der Waals surface area contributed by atoms with Gasteiger partial charge in [0.1, 0.15) is 11.6 Å². The molecule has 6 rings (SSSR count). The van der Waals surface area contributed by atoms with Crippen molar-refractivity contribution < 1.29 is 23.8 Å². The number of nitrogens with one attached hydrogen (secondary N) is 2. The number of benzene rings is 4. The number of aromatic amines is 1. The number of carbonyl (C=O) groups excluding carboxylic acids is 1. The van der Waals surface area contributed by atoms with Crippen molar-refractivity contribution in [1.82, 2.24) is 14.9 Å². The molecule has 1 atom stereocenters. The van der Waals surface area contributed by atoms with Crippen LogP contribution in [0.4, 0.5) is 4.39 Å². The maximum Gasteiger partial charge on any atom is 0.258 e. The molecule has 3 N–H and O–H groups in total. The quantitative estimate of drug-likeness (QED) is 0.187. The molecule has 0 radical (unpaired) electrons. The smallest absolute Gasteiger partial charge is 0.258 e. The number of ether oxygens (including phenoxy) is 2. The van der Waals surface area contributed by atoms with E-state index in [1.807, 2.05) is 24.3 Å². The number of methoxy groups -OCH3 is 2. The third-order valence-corrected chi connectivity index (χ3v) is 8.22. The average molecular weight is 606 g/mol. The van der Waals surface area contributed by atoms with Gasteiger partial charge in [-0.15, -0.1) is 0 Å². The fraction of sp³-hybridized carbons (Fsp3) is 0.167. The van der Waals surface area contributed by atoms with Crippen LogP contribution in [0.5, 0.6) is 17.2 Å². The van der Waals surface area contributed by atoms with Crippen molar-refractivity contribution >= 4 is 27.7 Å². The second-order valence-corrected chi connectivity index (χ2v) is 10.8. The summed E-state index contributed by atoms with van der Waals surface area (Å²) in [7, 11) is 4.70. The molecule has 0 bridgehead atoms. The summed E-state index contributed by atoms with van der Waals surface area (Å²) >= 11 is 0. The Labute approximate surface area is 258 Å². The number of halogens is 1. The first-order valence-electron chi connectivity index (χ1n) is 14.5. The first kappa shape index (κ1) is 29.5. The highest BCUT2D eigenvalue weighted by atomic mass is 19.1. The summed E-state index contributed by atoms with van der Waals surface area (Å²) in [5.74, 6) is -0.792. The highest BCUT2D eigenvalue weighted by Crippen LogP contribution is 2.41. The lowest BCUT2D eigenvalue weighted by Crippen LogP contribution is -2.27. The van der Waals surface area contributed by atoms with E-state index in [-0.39, 0.29) is 23.8 Å². The molecule has 0 spiro atoms. The molecule has 228 valence electrons. The topological polar surface area (TPSA) is 106 Å². The van der Waals surface area contributed by atoms with Gasteiger partial charge in [0.05, 0.1) is 31.2 Å². The molecule has 2 aromatic heterocycles. The Morgan fingerprint density at radius 2 is 1.67 bits per heavy atom. The van der Waals surface area contributed by atoms with Gasteiger partial charge in [-0.3, -0.25) is 9.59 Å². The molecular weight excluding hydrogens is 573 g/mol. The van der Waals surface area contributed by atoms with Crippen molar-refractivity contribution in [3.63, 3.8) is 0 Å². The predicted molar refractivity (Wildman–Crippen MR) is 172 cm³/mol. The van der Waals surface area contributed by atoms with Gasteiger partial charge in [-0.2, -0.15) is 0 Å². The number of para-hydroxylation sites is 2. The minimum Gasteiger partial charge on any atom is -0.507 e. The highest BCUT2D eigenvalue weighted by molar-refractivity contribution is 5.95. The number of pyridine rings is 1. The van der Waals surface area contributed by atoms with Crippen LogP contribution >= 0.6 is 0 Å². The number of aryl methyl sites for hydroxylation is 1. The first-order chi connectivity index (χ1) is 21.8. The number of carbonyl (C=O) groups is 1. The summed E-state index contributed by atoms with van der Waals surface area (Å²) in [4.78, 5) is 30.6. The molecule has 0 aliphatic rings. The zero-order valence-corrected chi connectivity index (χ0v) is 25.1. The van der Waals surface area contributed by atoms with E-state index in [0.717, 1.165) is 16.5 Å². The van der Waals surface area contributed by atoms with Crippen molar-refractivity contribution in [2.75, 3.05) is 20.8 Å². The first-order valence-corrected chi connectivity index (χ1v) is 14.5. The van der Waals surface area contributed by atoms with Gasteiger partial charge in [0.15, 0.2) is 11.5 Å². The summed E-state index contributed by atoms with van der Waals surface area (Å²) < 4.78 is 26.9. The Balaban J connectivity index is 1.46. The molecule has 1 unspecified atom stereocenters. The molecule has 0 fully saturated rings. The van der Waals surface area contributed by atoms with Crippen LogP contribution in [0, 0.1) is 5.82 Å². The number of hydrogen-bond donors (Lipinski definition) is 3. The molecule has 8 nitrogen and oxygen atoms in total. The molecule has 4 aromatic carbocycles. The third-order valence-electron chi connectivity index (χ3n) is 8.22. The van der Waals surface area contributed by atoms with E-state index in [4.69, 9.17) is 9.47 Å². The number of nitrogens with zero attached hydrogens (tertiary/aromatic N) is 1. The van der Waals surface area contributed by atoms with Crippen LogP contribution < -0.4 is 20.3 Å². The van der Waals surface area contributed by atoms with E-state index in [0.29, 0.717) is 45.6 Å². The fourth-order valence-electron chi connectivity index (χ4n) is 6.04. The van der Waals surface area contributed by atoms with Gasteiger partial charge in [0.25, 0.3) is 11.5 Å². The SMILES string of the molecule is COc1ccc(C(=O)NCCc2c(C(c3cccc(F)c3)c3c(O)c4ccccc4n(C)c3=O)[nH]c3ccccc23)cc1OC. The predicted octanol–water partition coefficient (Wildman–Crippen LogP) is 6.03. The maximum atomic E-state index is 14.7. The lowest BCUT2D eigenvalue weighted by atomic mass is 9.85. The van der Waals surface area contributed by atoms with Crippen LogP contribution in [0.3, 0.4) is 0 Å². The fourth-order valence-corrected chi connectivity index (χ4v) is 6.04. The van der Waals surface area contributed by atoms with Crippen molar-refractivity contribution in [3.8, 4) is 17.2 Å². The van der Waals surface area contributed by atoms with E-state index in [2.05, 4.69) is 10.3 Å². The van der Waals surface area contributed by atoms with E-state index >= 15 is 0 Å². The van der Waals surface area contributed by atoms with Crippen LogP contribution in [0.1, 0.15) is 38.7 Å². The van der Waals surface area contributed by atoms with Crippen molar-refractivity contribution in [2.45, 2.75) is 12.3 Å². The summed E-state index contributed by atoms with van der Waals surface area (Å²) in [5.41, 5.74) is 3.50. The summed E-state index contributed by atoms with van der Waals surface area (Å²) in [6.45, 7) is 0.264. The third kappa shape index (κ3) is 5.37. The Hall–Kier alpha value is -5.57. The van der Waals surface area contributed by atoms with Crippen molar-refractivity contribution in [1.29, 1.82) is 0 Å². The van der Waals surface area contributed by atoms with E-state index in [1.54, 1.807) is 61.6 Å². The Bertz CT molecular complexity index is 2120. The minimum atomic E-state index is -0.840. The van der Waals surface area contributed by atoms with Crippen molar-refractivity contribution in [3.05, 3.63) is 135 Å². The van der Waals surface area contributed by atoms with Gasteiger partial charge in [-0.25, -0.2) is 4.39 Å². The Morgan fingerprint density at radius 1 is 0.933 bits per heavy atom. The maximum absolute atomic E-state index is 14.7. The van der Waals surface area contributed by atoms with Crippen LogP contribution in [-0.4, -0.2) is 41.3 Å². The van der Waals surface area contributed by atoms with E-state index < -0.39 is 17.3 Å². The number of aromatic hydroxyl groups is 1. The number of fused-ring (bicyclic) bond motifs is 2. The molecular formula is C36H32FN3O5. The standard InChI is InChI=1S/C36H32FN3O5/c1-40-28-14-7-5-12-26(28)34(41)32(36(40)43)31(21-9-8-10-23(37)19-21)33-25(24-11-4-6-13-27(24)39-33)17-18-38-35(42)22-15-16-29(44-2)30(20-22)45-3/h4-16,19-20,31,39,41H,17-18H2,1-3H3,(H,38,42). The molecule has 9 heteroatoms. The molecule has 0 aliphatic carbocycles. The van der Waals surface area contributed by atoms with Crippen LogP contribution in [-0.2, 0) is 13.5 Å². The molecule has 0 aliphatic heterocycles. The summed E-state index contributed by atoms with van der Waals surface area (Å²) in [5, 5.41) is 16.0. The van der Waals surface area contributed by atoms with Crippen LogP contribution in [0.15, 0.2) is 95.8 Å². The van der Waals surface area contributed by atoms with E-state index in [1.165, 1.54) is 30.9 Å². The number of hydrogen-bond acceptors (Lipinski definition) is 5. The molecule has 6 aromatic rings. The number of rotatable bonds is 9. The normalized spacial score (nSPS) is 11.9. The lowest BCUT2D eigenvalue weighted by molar-refractivity contribution is 0.0953. The largest absolute Gasteiger partial charge is 0.507 e. The number of H-pyrrole nitrogens is 1. The molecule has 2 heterocycles. The average Bonchev–Trinajstić information content (AvgIpc) is 3.42. The Kier molecular flexibility index (Phi) is 8.00. The summed E-state index contributed by atoms with van der Waals surface area (Å²) in [6.07, 6.45) is 0.388. The highest BCUT2D eigenvalue weighted by Gasteiger charge is 2.30. The molecule has 0 saturated carbocycles. The molecule has 0 saturated heterocycles. The zero-order chi connectivity index (χ0) is 31.7. The monoisotopic (exact) mass is 605 g/mol. The van der Waals surface area contributed by atoms with Crippen molar-refractivity contribution in [2.24, 2.45) is 7.05 Å². The second kappa shape index (κ2) is 12.2. The van der Waals surface area contributed by atoms with Gasteiger partial charge in [-0.05, 0) is 66.1 Å². The van der Waals surface area contributed by atoms with Gasteiger partial charge in [0.2, 0.25) is 0 Å². The van der Waals surface area contributed by atoms with Crippen LogP contribution in [0.25, 0.3) is 21.8 Å². The summed E-state index contributed by atoms with van der Waals surface area (Å²) in [6, 6.07) is 25.8. The molecule has 45 heavy (non-hydrogen) atoms. The van der Waals surface area contributed by atoms with Gasteiger partial charge >= 0.3 is 0 Å². The number of aromatic nitrogens is 2. The second-order valence-electron chi connectivity index (χ2n) is 10.8. The Morgan fingerprint density at radius 3 is 2.42 bits per heavy atom. The van der Waals surface area contributed by atoms with Crippen LogP contribution in [0.2, 0.25) is 0 Å². The zero-order valence-electron chi connectivity index (χ0n) is 25.1. The molecule has 1 amide bonds. The number of amides is 1. The van der Waals surface area contributed by atoms with E-state index in [9.17, 15) is 19.1 Å².